The maximum Gasteiger partial charge on any atom is 0.266 e. The van der Waals surface area contributed by atoms with Gasteiger partial charge in [0.15, 0.2) is 5.60 Å². The first-order valence-electron chi connectivity index (χ1n) is 9.62. The summed E-state index contributed by atoms with van der Waals surface area (Å²) in [6.07, 6.45) is 9.01. The first-order valence-corrected chi connectivity index (χ1v) is 9.62. The number of piperidine rings is 1. The lowest BCUT2D eigenvalue weighted by atomic mass is 9.94. The van der Waals surface area contributed by atoms with Gasteiger partial charge in [0.05, 0.1) is 0 Å². The first-order chi connectivity index (χ1) is 12.5. The van der Waals surface area contributed by atoms with Gasteiger partial charge in [0.2, 0.25) is 0 Å². The topological polar surface area (TPSA) is 58.2 Å². The molecule has 0 radical (unpaired) electrons. The average Bonchev–Trinajstić information content (AvgIpc) is 3.32. The number of aromatic amines is 1. The van der Waals surface area contributed by atoms with Gasteiger partial charge in [-0.15, -0.1) is 0 Å². The summed E-state index contributed by atoms with van der Waals surface area (Å²) in [4.78, 5) is 22.5. The van der Waals surface area contributed by atoms with E-state index in [1.54, 1.807) is 6.20 Å². The van der Waals surface area contributed by atoms with E-state index in [1.807, 2.05) is 31.0 Å². The van der Waals surface area contributed by atoms with E-state index in [9.17, 15) is 4.79 Å². The van der Waals surface area contributed by atoms with Crippen molar-refractivity contribution in [1.82, 2.24) is 14.9 Å². The van der Waals surface area contributed by atoms with E-state index >= 15 is 0 Å². The number of nitrogens with zero attached hydrogens (tertiary/aromatic N) is 2. The molecule has 1 aliphatic carbocycles. The standard InChI is InChI=1S/C21H27N3O2/c1-21(2,26-18-7-6-15-4-3-5-17(15)14-18)20(25)24-12-8-16(9-13-24)19-22-10-11-23-19/h6-7,10-11,14,16H,3-5,8-9,12-13H2,1-2H3,(H,22,23). The molecule has 1 aromatic heterocycles. The van der Waals surface area contributed by atoms with Crippen LogP contribution in [0.3, 0.4) is 0 Å². The van der Waals surface area contributed by atoms with Crippen molar-refractivity contribution in [3.05, 3.63) is 47.5 Å². The minimum absolute atomic E-state index is 0.0656. The Balaban J connectivity index is 1.39. The molecule has 2 aromatic rings. The van der Waals surface area contributed by atoms with Crippen LogP contribution in [0.15, 0.2) is 30.6 Å². The van der Waals surface area contributed by atoms with Crippen LogP contribution in [-0.2, 0) is 17.6 Å². The Bertz CT molecular complexity index is 775. The number of carbonyl (C=O) groups is 1. The molecule has 26 heavy (non-hydrogen) atoms. The molecule has 1 N–H and O–H groups in total. The second-order valence-corrected chi connectivity index (χ2v) is 7.94. The largest absolute Gasteiger partial charge is 0.478 e. The maximum absolute atomic E-state index is 13.0. The lowest BCUT2D eigenvalue weighted by Crippen LogP contribution is -2.51. The van der Waals surface area contributed by atoms with Gasteiger partial charge in [0, 0.05) is 31.4 Å². The van der Waals surface area contributed by atoms with Crippen LogP contribution in [0, 0.1) is 0 Å². The number of H-pyrrole nitrogens is 1. The Morgan fingerprint density at radius 1 is 1.23 bits per heavy atom. The minimum Gasteiger partial charge on any atom is -0.478 e. The number of benzene rings is 1. The predicted octanol–water partition coefficient (Wildman–Crippen LogP) is 3.46. The van der Waals surface area contributed by atoms with Crippen molar-refractivity contribution in [2.45, 2.75) is 57.5 Å². The molecule has 1 amide bonds. The number of hydrogen-bond acceptors (Lipinski definition) is 3. The lowest BCUT2D eigenvalue weighted by molar-refractivity contribution is -0.146. The number of aryl methyl sites for hydroxylation is 2. The molecular weight excluding hydrogens is 326 g/mol. The molecule has 0 bridgehead atoms. The van der Waals surface area contributed by atoms with Gasteiger partial charge in [-0.1, -0.05) is 6.07 Å². The van der Waals surface area contributed by atoms with Crippen molar-refractivity contribution in [1.29, 1.82) is 0 Å². The lowest BCUT2D eigenvalue weighted by Gasteiger charge is -2.36. The molecule has 5 nitrogen and oxygen atoms in total. The van der Waals surface area contributed by atoms with E-state index in [0.29, 0.717) is 5.92 Å². The fraction of sp³-hybridized carbons (Fsp3) is 0.524. The third-order valence-electron chi connectivity index (χ3n) is 5.65. The van der Waals surface area contributed by atoms with E-state index in [0.717, 1.165) is 50.3 Å². The Hall–Kier alpha value is -2.30. The van der Waals surface area contributed by atoms with E-state index in [-0.39, 0.29) is 5.91 Å². The third-order valence-corrected chi connectivity index (χ3v) is 5.65. The van der Waals surface area contributed by atoms with Gasteiger partial charge in [-0.3, -0.25) is 4.79 Å². The molecule has 138 valence electrons. The van der Waals surface area contributed by atoms with Crippen LogP contribution < -0.4 is 4.74 Å². The van der Waals surface area contributed by atoms with E-state index in [2.05, 4.69) is 22.1 Å². The zero-order valence-corrected chi connectivity index (χ0v) is 15.6. The highest BCUT2D eigenvalue weighted by molar-refractivity contribution is 5.85. The van der Waals surface area contributed by atoms with Crippen molar-refractivity contribution >= 4 is 5.91 Å². The molecule has 4 rings (SSSR count). The van der Waals surface area contributed by atoms with Crippen LogP contribution >= 0.6 is 0 Å². The third kappa shape index (κ3) is 3.35. The number of imidazole rings is 1. The highest BCUT2D eigenvalue weighted by atomic mass is 16.5. The number of aromatic nitrogens is 2. The number of ether oxygens (including phenoxy) is 1. The van der Waals surface area contributed by atoms with Crippen LogP contribution in [0.5, 0.6) is 5.75 Å². The number of amides is 1. The summed E-state index contributed by atoms with van der Waals surface area (Å²) in [5, 5.41) is 0. The zero-order valence-electron chi connectivity index (χ0n) is 15.6. The van der Waals surface area contributed by atoms with Crippen molar-refractivity contribution in [3.63, 3.8) is 0 Å². The summed E-state index contributed by atoms with van der Waals surface area (Å²) in [6, 6.07) is 6.26. The molecule has 0 atom stereocenters. The van der Waals surface area contributed by atoms with Crippen LogP contribution in [0.25, 0.3) is 0 Å². The number of carbonyl (C=O) groups excluding carboxylic acids is 1. The highest BCUT2D eigenvalue weighted by Gasteiger charge is 2.36. The molecule has 1 aromatic carbocycles. The van der Waals surface area contributed by atoms with E-state index < -0.39 is 5.60 Å². The average molecular weight is 353 g/mol. The van der Waals surface area contributed by atoms with Crippen molar-refractivity contribution in [2.24, 2.45) is 0 Å². The number of fused-ring (bicyclic) bond motifs is 1. The van der Waals surface area contributed by atoms with Crippen LogP contribution in [0.2, 0.25) is 0 Å². The zero-order chi connectivity index (χ0) is 18.1. The molecule has 2 aliphatic rings. The quantitative estimate of drug-likeness (QED) is 0.916. The highest BCUT2D eigenvalue weighted by Crippen LogP contribution is 2.30. The maximum atomic E-state index is 13.0. The second-order valence-electron chi connectivity index (χ2n) is 7.94. The summed E-state index contributed by atoms with van der Waals surface area (Å²) >= 11 is 0. The first kappa shape index (κ1) is 17.1. The molecule has 1 aliphatic heterocycles. The SMILES string of the molecule is CC(C)(Oc1ccc2c(c1)CCC2)C(=O)N1CCC(c2ncc[nH]2)CC1. The Morgan fingerprint density at radius 2 is 2.00 bits per heavy atom. The molecule has 5 heteroatoms. The summed E-state index contributed by atoms with van der Waals surface area (Å²) in [6.45, 7) is 5.25. The monoisotopic (exact) mass is 353 g/mol. The van der Waals surface area contributed by atoms with Gasteiger partial charge in [0.1, 0.15) is 11.6 Å². The van der Waals surface area contributed by atoms with Crippen molar-refractivity contribution < 1.29 is 9.53 Å². The van der Waals surface area contributed by atoms with Gasteiger partial charge in [-0.2, -0.15) is 0 Å². The Morgan fingerprint density at radius 3 is 2.73 bits per heavy atom. The normalized spacial score (nSPS) is 18.0. The summed E-state index contributed by atoms with van der Waals surface area (Å²) in [7, 11) is 0. The molecular formula is C21H27N3O2. The fourth-order valence-corrected chi connectivity index (χ4v) is 4.19. The summed E-state index contributed by atoms with van der Waals surface area (Å²) in [5.41, 5.74) is 1.93. The molecule has 1 fully saturated rings. The van der Waals surface area contributed by atoms with Gasteiger partial charge >= 0.3 is 0 Å². The molecule has 1 saturated heterocycles. The van der Waals surface area contributed by atoms with E-state index in [4.69, 9.17) is 4.74 Å². The van der Waals surface area contributed by atoms with Gasteiger partial charge in [-0.25, -0.2) is 4.98 Å². The Labute approximate surface area is 154 Å². The van der Waals surface area contributed by atoms with Crippen LogP contribution in [0.1, 0.15) is 56.0 Å². The van der Waals surface area contributed by atoms with Gasteiger partial charge in [-0.05, 0) is 69.2 Å². The number of nitrogens with one attached hydrogen (secondary N) is 1. The van der Waals surface area contributed by atoms with Crippen LogP contribution in [-0.4, -0.2) is 39.5 Å². The van der Waals surface area contributed by atoms with E-state index in [1.165, 1.54) is 17.5 Å². The smallest absolute Gasteiger partial charge is 0.266 e. The molecule has 2 heterocycles. The van der Waals surface area contributed by atoms with Crippen molar-refractivity contribution in [2.75, 3.05) is 13.1 Å². The molecule has 0 saturated carbocycles. The Kier molecular flexibility index (Phi) is 4.47. The van der Waals surface area contributed by atoms with Gasteiger partial charge in [0.25, 0.3) is 5.91 Å². The van der Waals surface area contributed by atoms with Crippen LogP contribution in [0.4, 0.5) is 0 Å². The minimum atomic E-state index is -0.857. The number of hydrogen-bond donors (Lipinski definition) is 1. The predicted molar refractivity (Wildman–Crippen MR) is 100 cm³/mol. The summed E-state index contributed by atoms with van der Waals surface area (Å²) < 4.78 is 6.13. The number of rotatable bonds is 4. The fourth-order valence-electron chi connectivity index (χ4n) is 4.19. The second kappa shape index (κ2) is 6.78. The molecule has 0 unspecified atom stereocenters. The molecule has 0 spiro atoms. The van der Waals surface area contributed by atoms with Crippen molar-refractivity contribution in [3.8, 4) is 5.75 Å². The van der Waals surface area contributed by atoms with Gasteiger partial charge < -0.3 is 14.6 Å². The number of likely N-dealkylation sites (tertiary alicyclic amines) is 1. The summed E-state index contributed by atoms with van der Waals surface area (Å²) in [5.74, 6) is 2.31.